The second kappa shape index (κ2) is 3.72. The highest BCUT2D eigenvalue weighted by Gasteiger charge is 2.64. The number of nitrogens with zero attached hydrogens (tertiary/aromatic N) is 1. The topological polar surface area (TPSA) is 46.6 Å². The summed E-state index contributed by atoms with van der Waals surface area (Å²) in [6.07, 6.45) is 2.04. The number of hydrogen-bond acceptors (Lipinski definition) is 3. The molecular formula is C13H19NO3. The van der Waals surface area contributed by atoms with Crippen molar-refractivity contribution in [2.24, 2.45) is 23.7 Å². The quantitative estimate of drug-likeness (QED) is 0.689. The molecule has 0 radical (unpaired) electrons. The Morgan fingerprint density at radius 1 is 1.35 bits per heavy atom. The molecule has 4 heteroatoms. The lowest BCUT2D eigenvalue weighted by Gasteiger charge is -2.29. The molecule has 3 rings (SSSR count). The van der Waals surface area contributed by atoms with E-state index in [0.717, 1.165) is 25.9 Å². The molecule has 2 aliphatic carbocycles. The summed E-state index contributed by atoms with van der Waals surface area (Å²) < 4.78 is 5.36. The van der Waals surface area contributed by atoms with E-state index < -0.39 is 0 Å². The average molecular weight is 237 g/mol. The molecule has 0 aromatic carbocycles. The van der Waals surface area contributed by atoms with E-state index in [1.54, 1.807) is 0 Å². The van der Waals surface area contributed by atoms with Crippen molar-refractivity contribution in [1.29, 1.82) is 0 Å². The standard InChI is InChI=1S/C13H19NO3/c1-3-14(4-2)12(15)10-7-5-8-9(6-7)17-13(16)11(8)10/h7-11H,3-6H2,1-2H3/t7-,8+,9-,10-,11+/m1/s1. The van der Waals surface area contributed by atoms with Crippen LogP contribution in [-0.2, 0) is 14.3 Å². The molecule has 4 nitrogen and oxygen atoms in total. The highest BCUT2D eigenvalue weighted by Crippen LogP contribution is 2.58. The molecule has 0 spiro atoms. The van der Waals surface area contributed by atoms with Crippen LogP contribution in [0.2, 0.25) is 0 Å². The van der Waals surface area contributed by atoms with Gasteiger partial charge in [0.25, 0.3) is 0 Å². The maximum atomic E-state index is 12.4. The molecular weight excluding hydrogens is 218 g/mol. The SMILES string of the molecule is CCN(CC)C(=O)[C@@H]1[C@@H]2C[C@@H]3[C@@H]1C(=O)O[C@@H]3C2. The lowest BCUT2D eigenvalue weighted by molar-refractivity contribution is -0.148. The summed E-state index contributed by atoms with van der Waals surface area (Å²) in [5.74, 6) is 0.542. The molecule has 1 amide bonds. The predicted molar refractivity (Wildman–Crippen MR) is 61.0 cm³/mol. The van der Waals surface area contributed by atoms with E-state index in [1.165, 1.54) is 0 Å². The van der Waals surface area contributed by atoms with Crippen LogP contribution in [0.15, 0.2) is 0 Å². The van der Waals surface area contributed by atoms with Crippen LogP contribution in [0.25, 0.3) is 0 Å². The van der Waals surface area contributed by atoms with Gasteiger partial charge in [-0.3, -0.25) is 9.59 Å². The van der Waals surface area contributed by atoms with Crippen molar-refractivity contribution in [3.05, 3.63) is 0 Å². The summed E-state index contributed by atoms with van der Waals surface area (Å²) in [4.78, 5) is 26.1. The summed E-state index contributed by atoms with van der Waals surface area (Å²) in [5.41, 5.74) is 0. The largest absolute Gasteiger partial charge is 0.462 e. The summed E-state index contributed by atoms with van der Waals surface area (Å²) in [6.45, 7) is 5.44. The van der Waals surface area contributed by atoms with Crippen molar-refractivity contribution in [2.45, 2.75) is 32.8 Å². The van der Waals surface area contributed by atoms with Gasteiger partial charge in [-0.2, -0.15) is 0 Å². The maximum absolute atomic E-state index is 12.4. The summed E-state index contributed by atoms with van der Waals surface area (Å²) in [5, 5.41) is 0. The van der Waals surface area contributed by atoms with Gasteiger partial charge >= 0.3 is 5.97 Å². The Morgan fingerprint density at radius 2 is 2.06 bits per heavy atom. The number of hydrogen-bond donors (Lipinski definition) is 0. The molecule has 3 fully saturated rings. The first-order valence-corrected chi connectivity index (χ1v) is 6.66. The van der Waals surface area contributed by atoms with Crippen LogP contribution < -0.4 is 0 Å². The Labute approximate surface area is 101 Å². The number of fused-ring (bicyclic) bond motifs is 1. The zero-order chi connectivity index (χ0) is 12.2. The van der Waals surface area contributed by atoms with Gasteiger partial charge in [0.1, 0.15) is 6.10 Å². The number of carbonyl (C=O) groups is 2. The Bertz CT molecular complexity index is 362. The summed E-state index contributed by atoms with van der Waals surface area (Å²) >= 11 is 0. The molecule has 0 N–H and O–H groups in total. The minimum Gasteiger partial charge on any atom is -0.462 e. The fourth-order valence-corrected chi connectivity index (χ4v) is 4.09. The molecule has 1 heterocycles. The molecule has 1 saturated heterocycles. The molecule has 0 aromatic rings. The molecule has 3 aliphatic rings. The van der Waals surface area contributed by atoms with Crippen LogP contribution in [0.3, 0.4) is 0 Å². The number of ether oxygens (including phenoxy) is 1. The number of esters is 1. The fraction of sp³-hybridized carbons (Fsp3) is 0.846. The zero-order valence-corrected chi connectivity index (χ0v) is 10.4. The van der Waals surface area contributed by atoms with E-state index in [1.807, 2.05) is 18.7 Å². The van der Waals surface area contributed by atoms with Crippen molar-refractivity contribution >= 4 is 11.9 Å². The average Bonchev–Trinajstić information content (AvgIpc) is 2.90. The van der Waals surface area contributed by atoms with E-state index in [4.69, 9.17) is 4.74 Å². The van der Waals surface area contributed by atoms with E-state index in [2.05, 4.69) is 0 Å². The van der Waals surface area contributed by atoms with Crippen molar-refractivity contribution in [3.8, 4) is 0 Å². The van der Waals surface area contributed by atoms with Gasteiger partial charge in [0.2, 0.25) is 5.91 Å². The first kappa shape index (κ1) is 11.1. The van der Waals surface area contributed by atoms with Crippen LogP contribution in [-0.4, -0.2) is 36.0 Å². The fourth-order valence-electron chi connectivity index (χ4n) is 4.09. The monoisotopic (exact) mass is 237 g/mol. The normalized spacial score (nSPS) is 41.8. The van der Waals surface area contributed by atoms with Gasteiger partial charge in [-0.05, 0) is 32.6 Å². The van der Waals surface area contributed by atoms with Crippen LogP contribution in [0.1, 0.15) is 26.7 Å². The third-order valence-electron chi connectivity index (χ3n) is 4.84. The van der Waals surface area contributed by atoms with E-state index in [9.17, 15) is 9.59 Å². The van der Waals surface area contributed by atoms with Crippen LogP contribution in [0.4, 0.5) is 0 Å². The first-order chi connectivity index (χ1) is 8.17. The molecule has 17 heavy (non-hydrogen) atoms. The van der Waals surface area contributed by atoms with Crippen molar-refractivity contribution in [1.82, 2.24) is 4.90 Å². The van der Waals surface area contributed by atoms with Crippen LogP contribution in [0, 0.1) is 23.7 Å². The van der Waals surface area contributed by atoms with E-state index in [-0.39, 0.29) is 29.8 Å². The van der Waals surface area contributed by atoms with Crippen molar-refractivity contribution in [2.75, 3.05) is 13.1 Å². The second-order valence-electron chi connectivity index (χ2n) is 5.43. The highest BCUT2D eigenvalue weighted by molar-refractivity contribution is 5.88. The third-order valence-corrected chi connectivity index (χ3v) is 4.84. The number of rotatable bonds is 3. The molecule has 2 bridgehead atoms. The smallest absolute Gasteiger partial charge is 0.310 e. The van der Waals surface area contributed by atoms with Crippen molar-refractivity contribution < 1.29 is 14.3 Å². The number of amides is 1. The Hall–Kier alpha value is -1.06. The molecule has 0 unspecified atom stereocenters. The van der Waals surface area contributed by atoms with Crippen molar-refractivity contribution in [3.63, 3.8) is 0 Å². The van der Waals surface area contributed by atoms with Gasteiger partial charge in [0, 0.05) is 19.0 Å². The summed E-state index contributed by atoms with van der Waals surface area (Å²) in [6, 6.07) is 0. The molecule has 5 atom stereocenters. The van der Waals surface area contributed by atoms with Crippen LogP contribution in [0.5, 0.6) is 0 Å². The highest BCUT2D eigenvalue weighted by atomic mass is 16.6. The minimum absolute atomic E-state index is 0.0915. The molecule has 94 valence electrons. The Kier molecular flexibility index (Phi) is 2.42. The molecule has 2 saturated carbocycles. The predicted octanol–water partition coefficient (Wildman–Crippen LogP) is 1.05. The lowest BCUT2D eigenvalue weighted by atomic mass is 9.79. The van der Waals surface area contributed by atoms with Gasteiger partial charge in [0.05, 0.1) is 11.8 Å². The third kappa shape index (κ3) is 1.36. The van der Waals surface area contributed by atoms with E-state index >= 15 is 0 Å². The van der Waals surface area contributed by atoms with Gasteiger partial charge in [-0.15, -0.1) is 0 Å². The summed E-state index contributed by atoms with van der Waals surface area (Å²) in [7, 11) is 0. The lowest BCUT2D eigenvalue weighted by Crippen LogP contribution is -2.42. The second-order valence-corrected chi connectivity index (χ2v) is 5.43. The number of carbonyl (C=O) groups excluding carboxylic acids is 2. The zero-order valence-electron chi connectivity index (χ0n) is 10.4. The molecule has 1 aliphatic heterocycles. The maximum Gasteiger partial charge on any atom is 0.310 e. The Balaban J connectivity index is 1.85. The Morgan fingerprint density at radius 3 is 2.71 bits per heavy atom. The van der Waals surface area contributed by atoms with E-state index in [0.29, 0.717) is 11.8 Å². The van der Waals surface area contributed by atoms with Gasteiger partial charge < -0.3 is 9.64 Å². The molecule has 0 aromatic heterocycles. The minimum atomic E-state index is -0.133. The first-order valence-electron chi connectivity index (χ1n) is 6.66. The van der Waals surface area contributed by atoms with Gasteiger partial charge in [-0.1, -0.05) is 0 Å². The van der Waals surface area contributed by atoms with Gasteiger partial charge in [0.15, 0.2) is 0 Å². The van der Waals surface area contributed by atoms with Gasteiger partial charge in [-0.25, -0.2) is 0 Å². The van der Waals surface area contributed by atoms with Crippen LogP contribution >= 0.6 is 0 Å².